The number of amides is 1. The summed E-state index contributed by atoms with van der Waals surface area (Å²) >= 11 is 0. The third kappa shape index (κ3) is 4.28. The van der Waals surface area contributed by atoms with E-state index in [-0.39, 0.29) is 5.91 Å². The summed E-state index contributed by atoms with van der Waals surface area (Å²) in [6.45, 7) is 13.1. The van der Waals surface area contributed by atoms with Gasteiger partial charge in [0.15, 0.2) is 0 Å². The summed E-state index contributed by atoms with van der Waals surface area (Å²) in [7, 11) is 0. The van der Waals surface area contributed by atoms with Crippen molar-refractivity contribution in [2.24, 2.45) is 5.92 Å². The highest BCUT2D eigenvalue weighted by molar-refractivity contribution is 5.85. The van der Waals surface area contributed by atoms with Gasteiger partial charge in [-0.2, -0.15) is 0 Å². The zero-order valence-corrected chi connectivity index (χ0v) is 11.7. The molecule has 1 heterocycles. The number of hydrogen-bond acceptors (Lipinski definition) is 3. The third-order valence-electron chi connectivity index (χ3n) is 3.55. The zero-order valence-electron chi connectivity index (χ0n) is 11.7. The molecule has 1 saturated heterocycles. The van der Waals surface area contributed by atoms with E-state index in [1.165, 1.54) is 13.0 Å². The van der Waals surface area contributed by atoms with Gasteiger partial charge in [-0.1, -0.05) is 13.8 Å². The van der Waals surface area contributed by atoms with Gasteiger partial charge in [0, 0.05) is 13.1 Å². The normalized spacial score (nSPS) is 21.8. The monoisotopic (exact) mass is 241 g/mol. The molecule has 0 saturated carbocycles. The van der Waals surface area contributed by atoms with E-state index in [0.717, 1.165) is 26.2 Å². The molecule has 1 aliphatic rings. The van der Waals surface area contributed by atoms with Crippen LogP contribution in [0.25, 0.3) is 0 Å². The van der Waals surface area contributed by atoms with E-state index in [1.807, 2.05) is 20.8 Å². The molecule has 2 N–H and O–H groups in total. The van der Waals surface area contributed by atoms with Crippen molar-refractivity contribution in [2.75, 3.05) is 32.7 Å². The molecule has 0 bridgehead atoms. The van der Waals surface area contributed by atoms with Crippen LogP contribution in [-0.4, -0.2) is 49.1 Å². The molecule has 4 nitrogen and oxygen atoms in total. The molecule has 0 spiro atoms. The molecule has 1 unspecified atom stereocenters. The highest BCUT2D eigenvalue weighted by Gasteiger charge is 2.27. The Kier molecular flexibility index (Phi) is 5.40. The van der Waals surface area contributed by atoms with Crippen molar-refractivity contribution in [1.82, 2.24) is 15.5 Å². The van der Waals surface area contributed by atoms with E-state index in [2.05, 4.69) is 22.5 Å². The molecule has 0 aromatic carbocycles. The topological polar surface area (TPSA) is 44.4 Å². The third-order valence-corrected chi connectivity index (χ3v) is 3.55. The number of likely N-dealkylation sites (N-methyl/N-ethyl adjacent to an activating group) is 1. The average Bonchev–Trinajstić information content (AvgIpc) is 2.73. The molecule has 0 radical (unpaired) electrons. The predicted octanol–water partition coefficient (Wildman–Crippen LogP) is 0.833. The van der Waals surface area contributed by atoms with Crippen molar-refractivity contribution >= 4 is 5.91 Å². The second-order valence-corrected chi connectivity index (χ2v) is 5.41. The first-order chi connectivity index (χ1) is 7.99. The summed E-state index contributed by atoms with van der Waals surface area (Å²) in [5.41, 5.74) is -0.461. The van der Waals surface area contributed by atoms with Crippen molar-refractivity contribution < 1.29 is 4.79 Å². The lowest BCUT2D eigenvalue weighted by Crippen LogP contribution is -2.53. The van der Waals surface area contributed by atoms with Crippen LogP contribution in [0.4, 0.5) is 0 Å². The minimum atomic E-state index is -0.461. The molecule has 1 amide bonds. The highest BCUT2D eigenvalue weighted by Crippen LogP contribution is 2.14. The highest BCUT2D eigenvalue weighted by atomic mass is 16.2. The fraction of sp³-hybridized carbons (Fsp3) is 0.923. The van der Waals surface area contributed by atoms with Gasteiger partial charge in [-0.05, 0) is 45.8 Å². The summed E-state index contributed by atoms with van der Waals surface area (Å²) < 4.78 is 0. The molecular weight excluding hydrogens is 214 g/mol. The van der Waals surface area contributed by atoms with Crippen LogP contribution in [0.1, 0.15) is 34.1 Å². The lowest BCUT2D eigenvalue weighted by Gasteiger charge is -2.25. The van der Waals surface area contributed by atoms with Crippen LogP contribution in [-0.2, 0) is 4.79 Å². The van der Waals surface area contributed by atoms with Crippen LogP contribution in [0.15, 0.2) is 0 Å². The van der Waals surface area contributed by atoms with Crippen LogP contribution in [0.2, 0.25) is 0 Å². The van der Waals surface area contributed by atoms with Gasteiger partial charge >= 0.3 is 0 Å². The standard InChI is InChI=1S/C13H27N3O/c1-5-15-13(3,4)12(17)14-9-11-7-8-16(6-2)10-11/h11,15H,5-10H2,1-4H3,(H,14,17). The minimum Gasteiger partial charge on any atom is -0.354 e. The van der Waals surface area contributed by atoms with Gasteiger partial charge in [-0.3, -0.25) is 4.79 Å². The fourth-order valence-corrected chi connectivity index (χ4v) is 2.35. The summed E-state index contributed by atoms with van der Waals surface area (Å²) in [6, 6.07) is 0. The van der Waals surface area contributed by atoms with Gasteiger partial charge in [-0.15, -0.1) is 0 Å². The number of nitrogens with one attached hydrogen (secondary N) is 2. The number of likely N-dealkylation sites (tertiary alicyclic amines) is 1. The van der Waals surface area contributed by atoms with Gasteiger partial charge in [0.25, 0.3) is 0 Å². The van der Waals surface area contributed by atoms with Gasteiger partial charge in [0.2, 0.25) is 5.91 Å². The van der Waals surface area contributed by atoms with Crippen LogP contribution < -0.4 is 10.6 Å². The Bertz CT molecular complexity index is 253. The van der Waals surface area contributed by atoms with E-state index in [9.17, 15) is 4.79 Å². The van der Waals surface area contributed by atoms with Gasteiger partial charge in [-0.25, -0.2) is 0 Å². The largest absolute Gasteiger partial charge is 0.354 e. The maximum atomic E-state index is 12.0. The minimum absolute atomic E-state index is 0.106. The fourth-order valence-electron chi connectivity index (χ4n) is 2.35. The summed E-state index contributed by atoms with van der Waals surface area (Å²) in [6.07, 6.45) is 1.20. The van der Waals surface area contributed by atoms with Gasteiger partial charge < -0.3 is 15.5 Å². The summed E-state index contributed by atoms with van der Waals surface area (Å²) in [5.74, 6) is 0.727. The second-order valence-electron chi connectivity index (χ2n) is 5.41. The maximum Gasteiger partial charge on any atom is 0.239 e. The Hall–Kier alpha value is -0.610. The van der Waals surface area contributed by atoms with E-state index in [0.29, 0.717) is 5.92 Å². The molecule has 17 heavy (non-hydrogen) atoms. The van der Waals surface area contributed by atoms with Crippen LogP contribution in [0.3, 0.4) is 0 Å². The van der Waals surface area contributed by atoms with Crippen LogP contribution >= 0.6 is 0 Å². The van der Waals surface area contributed by atoms with Crippen molar-refractivity contribution in [3.63, 3.8) is 0 Å². The van der Waals surface area contributed by atoms with E-state index < -0.39 is 5.54 Å². The van der Waals surface area contributed by atoms with Crippen LogP contribution in [0.5, 0.6) is 0 Å². The van der Waals surface area contributed by atoms with Crippen molar-refractivity contribution in [2.45, 2.75) is 39.7 Å². The lowest BCUT2D eigenvalue weighted by atomic mass is 10.0. The number of nitrogens with zero attached hydrogens (tertiary/aromatic N) is 1. The molecule has 0 aromatic heterocycles. The molecule has 1 aliphatic heterocycles. The van der Waals surface area contributed by atoms with Crippen molar-refractivity contribution in [3.8, 4) is 0 Å². The zero-order chi connectivity index (χ0) is 12.9. The molecule has 1 rings (SSSR count). The molecule has 100 valence electrons. The summed E-state index contributed by atoms with van der Waals surface area (Å²) in [5, 5.41) is 6.26. The van der Waals surface area contributed by atoms with Crippen molar-refractivity contribution in [3.05, 3.63) is 0 Å². The first-order valence-electron chi connectivity index (χ1n) is 6.75. The Morgan fingerprint density at radius 3 is 2.65 bits per heavy atom. The Morgan fingerprint density at radius 2 is 2.12 bits per heavy atom. The smallest absolute Gasteiger partial charge is 0.239 e. The Balaban J connectivity index is 2.29. The molecule has 1 fully saturated rings. The first-order valence-corrected chi connectivity index (χ1v) is 6.75. The quantitative estimate of drug-likeness (QED) is 0.724. The molecule has 4 heteroatoms. The van der Waals surface area contributed by atoms with Gasteiger partial charge in [0.05, 0.1) is 5.54 Å². The van der Waals surface area contributed by atoms with Crippen molar-refractivity contribution in [1.29, 1.82) is 0 Å². The maximum absolute atomic E-state index is 12.0. The van der Waals surface area contributed by atoms with Gasteiger partial charge in [0.1, 0.15) is 0 Å². The number of carbonyl (C=O) groups excluding carboxylic acids is 1. The van der Waals surface area contributed by atoms with E-state index in [1.54, 1.807) is 0 Å². The number of rotatable bonds is 6. The first kappa shape index (κ1) is 14.5. The summed E-state index contributed by atoms with van der Waals surface area (Å²) in [4.78, 5) is 14.4. The lowest BCUT2D eigenvalue weighted by molar-refractivity contribution is -0.126. The SMILES string of the molecule is CCNC(C)(C)C(=O)NCC1CCN(CC)C1. The Labute approximate surface area is 105 Å². The number of carbonyl (C=O) groups is 1. The number of hydrogen-bond donors (Lipinski definition) is 2. The predicted molar refractivity (Wildman–Crippen MR) is 71.0 cm³/mol. The molecule has 0 aromatic rings. The van der Waals surface area contributed by atoms with E-state index in [4.69, 9.17) is 0 Å². The average molecular weight is 241 g/mol. The second kappa shape index (κ2) is 6.36. The molecular formula is C13H27N3O. The van der Waals surface area contributed by atoms with E-state index >= 15 is 0 Å². The Morgan fingerprint density at radius 1 is 1.41 bits per heavy atom. The van der Waals surface area contributed by atoms with Crippen LogP contribution in [0, 0.1) is 5.92 Å². The molecule has 1 atom stereocenters. The molecule has 0 aliphatic carbocycles.